The monoisotopic (exact) mass is 266 g/mol. The molecule has 1 aliphatic heterocycles. The van der Waals surface area contributed by atoms with Gasteiger partial charge < -0.3 is 9.84 Å². The van der Waals surface area contributed by atoms with Crippen LogP contribution in [-0.2, 0) is 4.74 Å². The highest BCUT2D eigenvalue weighted by Gasteiger charge is 2.61. The molecule has 102 valence electrons. The first kappa shape index (κ1) is 14.6. The molecule has 0 spiro atoms. The fraction of sp³-hybridized carbons (Fsp3) is 1.00. The summed E-state index contributed by atoms with van der Waals surface area (Å²) in [5.74, 6) is -4.83. The molecule has 1 N–H and O–H groups in total. The van der Waals surface area contributed by atoms with Crippen molar-refractivity contribution in [2.75, 3.05) is 13.2 Å². The summed E-state index contributed by atoms with van der Waals surface area (Å²) in [5.41, 5.74) is 0. The smallest absolute Gasteiger partial charge is 0.392 e. The van der Waals surface area contributed by atoms with Crippen LogP contribution in [0.3, 0.4) is 0 Å². The molecular formula is C9H12F6O2. The van der Waals surface area contributed by atoms with Crippen molar-refractivity contribution in [3.8, 4) is 0 Å². The fourth-order valence-electron chi connectivity index (χ4n) is 1.88. The Kier molecular flexibility index (Phi) is 4.29. The Morgan fingerprint density at radius 3 is 1.94 bits per heavy atom. The molecule has 2 nitrogen and oxygen atoms in total. The molecule has 17 heavy (non-hydrogen) atoms. The minimum atomic E-state index is -5.50. The van der Waals surface area contributed by atoms with Gasteiger partial charge in [-0.15, -0.1) is 0 Å². The molecule has 0 aliphatic carbocycles. The molecule has 0 saturated carbocycles. The summed E-state index contributed by atoms with van der Waals surface area (Å²) in [6, 6.07) is 0. The van der Waals surface area contributed by atoms with Gasteiger partial charge >= 0.3 is 12.4 Å². The average Bonchev–Trinajstić information content (AvgIpc) is 2.14. The molecule has 1 aliphatic rings. The lowest BCUT2D eigenvalue weighted by molar-refractivity contribution is -0.313. The molecule has 1 rings (SSSR count). The normalized spacial score (nSPS) is 25.1. The molecule has 0 aromatic carbocycles. The van der Waals surface area contributed by atoms with E-state index in [1.165, 1.54) is 0 Å². The number of alkyl halides is 6. The van der Waals surface area contributed by atoms with Crippen molar-refractivity contribution in [3.05, 3.63) is 0 Å². The van der Waals surface area contributed by atoms with E-state index in [1.807, 2.05) is 0 Å². The summed E-state index contributed by atoms with van der Waals surface area (Å²) in [4.78, 5) is 0. The third-order valence-corrected chi connectivity index (χ3v) is 2.73. The van der Waals surface area contributed by atoms with Crippen LogP contribution in [0.4, 0.5) is 26.3 Å². The molecule has 0 aromatic heterocycles. The summed E-state index contributed by atoms with van der Waals surface area (Å²) < 4.78 is 78.6. The largest absolute Gasteiger partial charge is 0.403 e. The fourth-order valence-corrected chi connectivity index (χ4v) is 1.88. The lowest BCUT2D eigenvalue weighted by atomic mass is 9.86. The van der Waals surface area contributed by atoms with Crippen molar-refractivity contribution < 1.29 is 36.2 Å². The van der Waals surface area contributed by atoms with Gasteiger partial charge in [-0.1, -0.05) is 0 Å². The Balaban J connectivity index is 2.82. The Morgan fingerprint density at radius 1 is 1.06 bits per heavy atom. The second kappa shape index (κ2) is 5.01. The first-order valence-electron chi connectivity index (χ1n) is 5.03. The standard InChI is InChI=1S/C9H12F6O2/c10-8(11,12)7(9(13,14)15)6(16)5-2-1-3-17-4-5/h5-7,16H,1-4H2. The van der Waals surface area contributed by atoms with E-state index in [2.05, 4.69) is 0 Å². The van der Waals surface area contributed by atoms with E-state index in [-0.39, 0.29) is 13.0 Å². The SMILES string of the molecule is OC(C1CCCOC1)C(C(F)(F)F)C(F)(F)F. The maximum Gasteiger partial charge on any atom is 0.403 e. The van der Waals surface area contributed by atoms with Gasteiger partial charge in [0.1, 0.15) is 0 Å². The molecule has 8 heteroatoms. The van der Waals surface area contributed by atoms with Crippen molar-refractivity contribution >= 4 is 0 Å². The summed E-state index contributed by atoms with van der Waals surface area (Å²) in [6.45, 7) is 0.0236. The van der Waals surface area contributed by atoms with Crippen LogP contribution in [0.2, 0.25) is 0 Å². The van der Waals surface area contributed by atoms with E-state index >= 15 is 0 Å². The zero-order chi connectivity index (χ0) is 13.3. The Hall–Kier alpha value is -0.500. The number of rotatable bonds is 2. The van der Waals surface area contributed by atoms with Crippen molar-refractivity contribution in [2.24, 2.45) is 11.8 Å². The zero-order valence-corrected chi connectivity index (χ0v) is 8.68. The highest BCUT2D eigenvalue weighted by molar-refractivity contribution is 4.87. The number of aliphatic hydroxyl groups excluding tert-OH is 1. The third kappa shape index (κ3) is 3.74. The van der Waals surface area contributed by atoms with Crippen molar-refractivity contribution in [3.63, 3.8) is 0 Å². The first-order chi connectivity index (χ1) is 7.64. The average molecular weight is 266 g/mol. The molecule has 0 aromatic rings. The summed E-state index contributed by atoms with van der Waals surface area (Å²) in [5, 5.41) is 9.28. The van der Waals surface area contributed by atoms with E-state index in [4.69, 9.17) is 4.74 Å². The van der Waals surface area contributed by atoms with Gasteiger partial charge in [0.2, 0.25) is 0 Å². The van der Waals surface area contributed by atoms with Crippen LogP contribution in [0, 0.1) is 11.8 Å². The minimum Gasteiger partial charge on any atom is -0.392 e. The van der Waals surface area contributed by atoms with Crippen LogP contribution in [0.1, 0.15) is 12.8 Å². The number of hydrogen-bond acceptors (Lipinski definition) is 2. The molecule has 0 bridgehead atoms. The third-order valence-electron chi connectivity index (χ3n) is 2.73. The zero-order valence-electron chi connectivity index (χ0n) is 8.68. The van der Waals surface area contributed by atoms with E-state index in [9.17, 15) is 31.4 Å². The number of aliphatic hydroxyl groups is 1. The molecule has 1 fully saturated rings. The minimum absolute atomic E-state index is 0.101. The predicted octanol–water partition coefficient (Wildman–Crippen LogP) is 2.51. The van der Waals surface area contributed by atoms with Crippen LogP contribution in [0.15, 0.2) is 0 Å². The van der Waals surface area contributed by atoms with Crippen molar-refractivity contribution in [2.45, 2.75) is 31.3 Å². The summed E-state index contributed by atoms with van der Waals surface area (Å²) in [7, 11) is 0. The highest BCUT2D eigenvalue weighted by atomic mass is 19.4. The van der Waals surface area contributed by atoms with Gasteiger partial charge in [0.05, 0.1) is 12.7 Å². The van der Waals surface area contributed by atoms with E-state index < -0.39 is 30.3 Å². The van der Waals surface area contributed by atoms with Crippen LogP contribution < -0.4 is 0 Å². The Bertz CT molecular complexity index is 229. The molecule has 0 radical (unpaired) electrons. The van der Waals surface area contributed by atoms with Crippen LogP contribution in [0.25, 0.3) is 0 Å². The maximum absolute atomic E-state index is 12.3. The van der Waals surface area contributed by atoms with E-state index in [0.717, 1.165) is 0 Å². The van der Waals surface area contributed by atoms with Gasteiger partial charge in [-0.2, -0.15) is 26.3 Å². The number of halogens is 6. The van der Waals surface area contributed by atoms with Gasteiger partial charge in [0, 0.05) is 12.5 Å². The predicted molar refractivity (Wildman–Crippen MR) is 45.1 cm³/mol. The maximum atomic E-state index is 12.3. The van der Waals surface area contributed by atoms with Crippen LogP contribution in [-0.4, -0.2) is 36.8 Å². The summed E-state index contributed by atoms with van der Waals surface area (Å²) in [6.07, 6.45) is -13.1. The van der Waals surface area contributed by atoms with E-state index in [0.29, 0.717) is 13.0 Å². The molecule has 2 unspecified atom stereocenters. The Labute approximate surface area is 93.6 Å². The van der Waals surface area contributed by atoms with Crippen LogP contribution >= 0.6 is 0 Å². The van der Waals surface area contributed by atoms with Gasteiger partial charge in [0.15, 0.2) is 5.92 Å². The first-order valence-corrected chi connectivity index (χ1v) is 5.03. The van der Waals surface area contributed by atoms with Crippen LogP contribution in [0.5, 0.6) is 0 Å². The number of hydrogen-bond donors (Lipinski definition) is 1. The Morgan fingerprint density at radius 2 is 1.59 bits per heavy atom. The molecular weight excluding hydrogens is 254 g/mol. The highest BCUT2D eigenvalue weighted by Crippen LogP contribution is 2.44. The van der Waals surface area contributed by atoms with Gasteiger partial charge in [-0.05, 0) is 12.8 Å². The second-order valence-electron chi connectivity index (χ2n) is 4.03. The van der Waals surface area contributed by atoms with Gasteiger partial charge in [0.25, 0.3) is 0 Å². The molecule has 1 saturated heterocycles. The quantitative estimate of drug-likeness (QED) is 0.778. The molecule has 0 amide bonds. The molecule has 2 atom stereocenters. The lowest BCUT2D eigenvalue weighted by Crippen LogP contribution is -2.49. The number of ether oxygens (including phenoxy) is 1. The summed E-state index contributed by atoms with van der Waals surface area (Å²) >= 11 is 0. The van der Waals surface area contributed by atoms with Gasteiger partial charge in [-0.25, -0.2) is 0 Å². The lowest BCUT2D eigenvalue weighted by Gasteiger charge is -2.34. The van der Waals surface area contributed by atoms with Crippen molar-refractivity contribution in [1.82, 2.24) is 0 Å². The van der Waals surface area contributed by atoms with E-state index in [1.54, 1.807) is 0 Å². The molecule has 1 heterocycles. The topological polar surface area (TPSA) is 29.5 Å². The van der Waals surface area contributed by atoms with Crippen molar-refractivity contribution in [1.29, 1.82) is 0 Å². The second-order valence-corrected chi connectivity index (χ2v) is 4.03. The van der Waals surface area contributed by atoms with Gasteiger partial charge in [-0.3, -0.25) is 0 Å².